The Bertz CT molecular complexity index is 784. The van der Waals surface area contributed by atoms with Gasteiger partial charge < -0.3 is 19.5 Å². The van der Waals surface area contributed by atoms with Crippen molar-refractivity contribution in [1.82, 2.24) is 0 Å². The van der Waals surface area contributed by atoms with Crippen molar-refractivity contribution in [2.75, 3.05) is 18.5 Å². The van der Waals surface area contributed by atoms with E-state index >= 15 is 0 Å². The van der Waals surface area contributed by atoms with E-state index in [0.29, 0.717) is 18.0 Å². The van der Waals surface area contributed by atoms with Crippen LogP contribution in [0, 0.1) is 13.8 Å². The fourth-order valence-corrected chi connectivity index (χ4v) is 2.97. The minimum absolute atomic E-state index is 0.125. The molecule has 1 N–H and O–H groups in total. The lowest BCUT2D eigenvalue weighted by Crippen LogP contribution is -2.30. The molecule has 5 heteroatoms. The van der Waals surface area contributed by atoms with Gasteiger partial charge in [-0.05, 0) is 62.9 Å². The molecule has 2 aromatic carbocycles. The molecule has 3 rings (SSSR count). The summed E-state index contributed by atoms with van der Waals surface area (Å²) in [4.78, 5) is 12.6. The van der Waals surface area contributed by atoms with Crippen LogP contribution in [0.1, 0.15) is 30.9 Å². The number of para-hydroxylation sites is 2. The maximum Gasteiger partial charge on any atom is 0.265 e. The van der Waals surface area contributed by atoms with Gasteiger partial charge in [0.05, 0.1) is 11.8 Å². The van der Waals surface area contributed by atoms with Gasteiger partial charge in [0.1, 0.15) is 18.1 Å². The Labute approximate surface area is 160 Å². The van der Waals surface area contributed by atoms with Crippen LogP contribution in [0.4, 0.5) is 5.69 Å². The molecule has 1 aliphatic rings. The van der Waals surface area contributed by atoms with Crippen LogP contribution in [-0.4, -0.2) is 31.3 Å². The van der Waals surface area contributed by atoms with E-state index in [1.807, 2.05) is 56.3 Å². The second-order valence-electron chi connectivity index (χ2n) is 6.96. The zero-order valence-electron chi connectivity index (χ0n) is 16.2. The summed E-state index contributed by atoms with van der Waals surface area (Å²) in [5.41, 5.74) is 2.73. The van der Waals surface area contributed by atoms with Gasteiger partial charge in [0.15, 0.2) is 6.10 Å². The normalized spacial score (nSPS) is 17.4. The molecule has 0 spiro atoms. The monoisotopic (exact) mass is 369 g/mol. The average molecular weight is 369 g/mol. The first kappa shape index (κ1) is 19.2. The first-order valence-corrected chi connectivity index (χ1v) is 9.41. The molecule has 1 saturated heterocycles. The molecule has 0 bridgehead atoms. The molecule has 1 amide bonds. The molecule has 1 fully saturated rings. The number of hydrogen-bond acceptors (Lipinski definition) is 4. The molecule has 2 aromatic rings. The number of benzene rings is 2. The van der Waals surface area contributed by atoms with Crippen molar-refractivity contribution in [2.24, 2.45) is 0 Å². The van der Waals surface area contributed by atoms with Crippen molar-refractivity contribution in [3.63, 3.8) is 0 Å². The van der Waals surface area contributed by atoms with Crippen molar-refractivity contribution in [3.05, 3.63) is 53.6 Å². The van der Waals surface area contributed by atoms with Crippen LogP contribution in [0.3, 0.4) is 0 Å². The quantitative estimate of drug-likeness (QED) is 0.792. The molecule has 1 heterocycles. The highest BCUT2D eigenvalue weighted by Crippen LogP contribution is 2.26. The van der Waals surface area contributed by atoms with Gasteiger partial charge in [-0.15, -0.1) is 0 Å². The van der Waals surface area contributed by atoms with E-state index in [4.69, 9.17) is 14.2 Å². The van der Waals surface area contributed by atoms with Crippen LogP contribution in [0.25, 0.3) is 0 Å². The van der Waals surface area contributed by atoms with E-state index < -0.39 is 6.10 Å². The molecule has 0 unspecified atom stereocenters. The van der Waals surface area contributed by atoms with Crippen molar-refractivity contribution in [1.29, 1.82) is 0 Å². The third kappa shape index (κ3) is 5.23. The van der Waals surface area contributed by atoms with Gasteiger partial charge in [0.2, 0.25) is 0 Å². The SMILES string of the molecule is Cc1ccc(C)c(O[C@@H](C)C(=O)Nc2ccccc2OC[C@@H]2CCCO2)c1. The Morgan fingerprint density at radius 1 is 1.22 bits per heavy atom. The predicted molar refractivity (Wildman–Crippen MR) is 106 cm³/mol. The average Bonchev–Trinajstić information content (AvgIpc) is 3.17. The highest BCUT2D eigenvalue weighted by molar-refractivity contribution is 5.95. The Morgan fingerprint density at radius 2 is 2.04 bits per heavy atom. The first-order valence-electron chi connectivity index (χ1n) is 9.41. The Balaban J connectivity index is 1.62. The fraction of sp³-hybridized carbons (Fsp3) is 0.409. The number of aryl methyl sites for hydroxylation is 2. The number of nitrogens with one attached hydrogen (secondary N) is 1. The van der Waals surface area contributed by atoms with Gasteiger partial charge in [0.25, 0.3) is 5.91 Å². The summed E-state index contributed by atoms with van der Waals surface area (Å²) in [6.07, 6.45) is 1.58. The zero-order valence-corrected chi connectivity index (χ0v) is 16.2. The van der Waals surface area contributed by atoms with Crippen LogP contribution >= 0.6 is 0 Å². The second kappa shape index (κ2) is 8.91. The van der Waals surface area contributed by atoms with Gasteiger partial charge >= 0.3 is 0 Å². The third-order valence-electron chi connectivity index (χ3n) is 4.61. The van der Waals surface area contributed by atoms with Gasteiger partial charge in [0, 0.05) is 6.61 Å². The van der Waals surface area contributed by atoms with E-state index in [0.717, 1.165) is 36.3 Å². The van der Waals surface area contributed by atoms with Crippen LogP contribution in [0.5, 0.6) is 11.5 Å². The van der Waals surface area contributed by atoms with Gasteiger partial charge in [-0.25, -0.2) is 0 Å². The molecule has 27 heavy (non-hydrogen) atoms. The first-order chi connectivity index (χ1) is 13.0. The van der Waals surface area contributed by atoms with Crippen LogP contribution in [0.15, 0.2) is 42.5 Å². The molecular weight excluding hydrogens is 342 g/mol. The number of hydrogen-bond donors (Lipinski definition) is 1. The van der Waals surface area contributed by atoms with Crippen molar-refractivity contribution in [2.45, 2.75) is 45.8 Å². The van der Waals surface area contributed by atoms with Gasteiger partial charge in [-0.2, -0.15) is 0 Å². The van der Waals surface area contributed by atoms with Crippen LogP contribution < -0.4 is 14.8 Å². The summed E-state index contributed by atoms with van der Waals surface area (Å²) in [6.45, 7) is 6.99. The molecule has 2 atom stereocenters. The molecule has 144 valence electrons. The maximum absolute atomic E-state index is 12.6. The Hall–Kier alpha value is -2.53. The smallest absolute Gasteiger partial charge is 0.265 e. The largest absolute Gasteiger partial charge is 0.489 e. The number of anilines is 1. The molecule has 5 nitrogen and oxygen atoms in total. The van der Waals surface area contributed by atoms with Crippen molar-refractivity contribution in [3.8, 4) is 11.5 Å². The molecule has 0 aromatic heterocycles. The lowest BCUT2D eigenvalue weighted by Gasteiger charge is -2.19. The summed E-state index contributed by atoms with van der Waals surface area (Å²) in [5.74, 6) is 1.14. The molecular formula is C22H27NO4. The molecule has 0 saturated carbocycles. The third-order valence-corrected chi connectivity index (χ3v) is 4.61. The summed E-state index contributed by atoms with van der Waals surface area (Å²) in [6, 6.07) is 13.4. The van der Waals surface area contributed by atoms with E-state index in [1.165, 1.54) is 0 Å². The lowest BCUT2D eigenvalue weighted by molar-refractivity contribution is -0.122. The minimum Gasteiger partial charge on any atom is -0.489 e. The summed E-state index contributed by atoms with van der Waals surface area (Å²) < 4.78 is 17.3. The van der Waals surface area contributed by atoms with Crippen molar-refractivity contribution >= 4 is 11.6 Å². The van der Waals surface area contributed by atoms with Crippen LogP contribution in [0.2, 0.25) is 0 Å². The standard InChI is InChI=1S/C22H27NO4/c1-15-10-11-16(2)21(13-15)27-17(3)22(24)23-19-8-4-5-9-20(19)26-14-18-7-6-12-25-18/h4-5,8-11,13,17-18H,6-7,12,14H2,1-3H3,(H,23,24)/t17-,18-/m0/s1. The highest BCUT2D eigenvalue weighted by Gasteiger charge is 2.19. The maximum atomic E-state index is 12.6. The minimum atomic E-state index is -0.628. The predicted octanol–water partition coefficient (Wildman–Crippen LogP) is 4.27. The fourth-order valence-electron chi connectivity index (χ4n) is 2.97. The van der Waals surface area contributed by atoms with Crippen LogP contribution in [-0.2, 0) is 9.53 Å². The lowest BCUT2D eigenvalue weighted by atomic mass is 10.1. The number of carbonyl (C=O) groups is 1. The van der Waals surface area contributed by atoms with E-state index in [-0.39, 0.29) is 12.0 Å². The second-order valence-corrected chi connectivity index (χ2v) is 6.96. The van der Waals surface area contributed by atoms with E-state index in [2.05, 4.69) is 5.32 Å². The molecule has 0 aliphatic carbocycles. The number of rotatable bonds is 7. The Morgan fingerprint density at radius 3 is 2.81 bits per heavy atom. The summed E-state index contributed by atoms with van der Waals surface area (Å²) >= 11 is 0. The summed E-state index contributed by atoms with van der Waals surface area (Å²) in [5, 5.41) is 2.91. The van der Waals surface area contributed by atoms with E-state index in [1.54, 1.807) is 6.92 Å². The number of amides is 1. The number of ether oxygens (including phenoxy) is 3. The zero-order chi connectivity index (χ0) is 19.2. The molecule has 0 radical (unpaired) electrons. The van der Waals surface area contributed by atoms with Crippen molar-refractivity contribution < 1.29 is 19.0 Å². The van der Waals surface area contributed by atoms with Gasteiger partial charge in [-0.1, -0.05) is 24.3 Å². The van der Waals surface area contributed by atoms with E-state index in [9.17, 15) is 4.79 Å². The highest BCUT2D eigenvalue weighted by atomic mass is 16.5. The number of carbonyl (C=O) groups excluding carboxylic acids is 1. The van der Waals surface area contributed by atoms with Gasteiger partial charge in [-0.3, -0.25) is 4.79 Å². The Kier molecular flexibility index (Phi) is 6.35. The molecule has 1 aliphatic heterocycles. The summed E-state index contributed by atoms with van der Waals surface area (Å²) in [7, 11) is 0. The topological polar surface area (TPSA) is 56.8 Å².